The Labute approximate surface area is 260 Å². The predicted octanol–water partition coefficient (Wildman–Crippen LogP) is 12.4. The van der Waals surface area contributed by atoms with E-state index >= 15 is 0 Å². The van der Waals surface area contributed by atoms with E-state index in [1.165, 1.54) is 59.2 Å². The highest BCUT2D eigenvalue weighted by atomic mass is 32.2. The standard InChI is InChI=1S/C42H26OS/c1-2-10-27(11-3-1)31-18-6-12-28-13-7-19-34(41(28)31)32-16-4-5-17-33(32)38-24-23-37(43-38)30-22-25-39-36(26-30)35-20-8-14-29-15-9-21-40(44-39)42(29)35/h1-26H. The van der Waals surface area contributed by atoms with Gasteiger partial charge in [-0.2, -0.15) is 0 Å². The monoisotopic (exact) mass is 578 g/mol. The van der Waals surface area contributed by atoms with Crippen molar-refractivity contribution in [2.24, 2.45) is 0 Å². The molecule has 9 rings (SSSR count). The third kappa shape index (κ3) is 4.03. The van der Waals surface area contributed by atoms with Crippen molar-refractivity contribution in [1.29, 1.82) is 0 Å². The smallest absolute Gasteiger partial charge is 0.135 e. The van der Waals surface area contributed by atoms with Crippen LogP contribution in [0.25, 0.3) is 77.6 Å². The average molecular weight is 579 g/mol. The second-order valence-electron chi connectivity index (χ2n) is 11.3. The van der Waals surface area contributed by atoms with Gasteiger partial charge in [-0.25, -0.2) is 0 Å². The first-order chi connectivity index (χ1) is 21.8. The molecule has 0 saturated heterocycles. The van der Waals surface area contributed by atoms with Gasteiger partial charge in [-0.05, 0) is 79.9 Å². The molecule has 2 heteroatoms. The van der Waals surface area contributed by atoms with Gasteiger partial charge in [-0.15, -0.1) is 0 Å². The van der Waals surface area contributed by atoms with Gasteiger partial charge in [0.1, 0.15) is 11.5 Å². The predicted molar refractivity (Wildman–Crippen MR) is 185 cm³/mol. The Morgan fingerprint density at radius 2 is 0.955 bits per heavy atom. The second kappa shape index (κ2) is 10.2. The summed E-state index contributed by atoms with van der Waals surface area (Å²) in [5, 5.41) is 5.09. The maximum Gasteiger partial charge on any atom is 0.135 e. The lowest BCUT2D eigenvalue weighted by Crippen LogP contribution is -1.93. The van der Waals surface area contributed by atoms with Crippen LogP contribution in [-0.4, -0.2) is 0 Å². The molecule has 0 saturated carbocycles. The maximum atomic E-state index is 6.67. The van der Waals surface area contributed by atoms with E-state index in [1.54, 1.807) is 0 Å². The topological polar surface area (TPSA) is 13.1 Å². The van der Waals surface area contributed by atoms with Gasteiger partial charge in [0, 0.05) is 26.3 Å². The Hall–Kier alpha value is -5.31. The van der Waals surface area contributed by atoms with Crippen LogP contribution in [0.2, 0.25) is 0 Å². The molecule has 1 aliphatic heterocycles. The van der Waals surface area contributed by atoms with Crippen LogP contribution in [0, 0.1) is 0 Å². The molecule has 0 N–H and O–H groups in total. The summed E-state index contributed by atoms with van der Waals surface area (Å²) >= 11 is 1.85. The first-order valence-electron chi connectivity index (χ1n) is 14.9. The van der Waals surface area contributed by atoms with E-state index in [-0.39, 0.29) is 0 Å². The summed E-state index contributed by atoms with van der Waals surface area (Å²) < 4.78 is 6.67. The number of furan rings is 1. The summed E-state index contributed by atoms with van der Waals surface area (Å²) in [4.78, 5) is 2.60. The highest BCUT2D eigenvalue weighted by Crippen LogP contribution is 2.49. The molecule has 0 radical (unpaired) electrons. The summed E-state index contributed by atoms with van der Waals surface area (Å²) in [7, 11) is 0. The number of benzene rings is 7. The Morgan fingerprint density at radius 3 is 1.75 bits per heavy atom. The van der Waals surface area contributed by atoms with Gasteiger partial charge >= 0.3 is 0 Å². The van der Waals surface area contributed by atoms with Gasteiger partial charge in [0.05, 0.1) is 0 Å². The molecule has 0 fully saturated rings. The average Bonchev–Trinajstić information content (AvgIpc) is 3.59. The molecular formula is C42H26OS. The van der Waals surface area contributed by atoms with E-state index in [1.807, 2.05) is 11.8 Å². The largest absolute Gasteiger partial charge is 0.456 e. The van der Waals surface area contributed by atoms with Crippen LogP contribution in [0.4, 0.5) is 0 Å². The highest BCUT2D eigenvalue weighted by Gasteiger charge is 2.21. The molecule has 44 heavy (non-hydrogen) atoms. The van der Waals surface area contributed by atoms with Crippen molar-refractivity contribution in [2.45, 2.75) is 9.79 Å². The summed E-state index contributed by atoms with van der Waals surface area (Å²) in [6.07, 6.45) is 0. The lowest BCUT2D eigenvalue weighted by molar-refractivity contribution is 0.597. The fourth-order valence-corrected chi connectivity index (χ4v) is 7.84. The molecule has 0 unspecified atom stereocenters. The van der Waals surface area contributed by atoms with Gasteiger partial charge in [0.25, 0.3) is 0 Å². The number of hydrogen-bond acceptors (Lipinski definition) is 2. The molecule has 2 heterocycles. The molecular weight excluding hydrogens is 553 g/mol. The van der Waals surface area contributed by atoms with Crippen molar-refractivity contribution in [3.05, 3.63) is 158 Å². The molecule has 1 aliphatic rings. The van der Waals surface area contributed by atoms with E-state index in [4.69, 9.17) is 4.42 Å². The summed E-state index contributed by atoms with van der Waals surface area (Å²) in [5.74, 6) is 1.74. The van der Waals surface area contributed by atoms with Crippen molar-refractivity contribution in [1.82, 2.24) is 0 Å². The normalized spacial score (nSPS) is 12.0. The molecule has 206 valence electrons. The van der Waals surface area contributed by atoms with Crippen molar-refractivity contribution in [3.8, 4) is 56.0 Å². The van der Waals surface area contributed by atoms with Gasteiger partial charge in [0.2, 0.25) is 0 Å². The van der Waals surface area contributed by atoms with Crippen LogP contribution >= 0.6 is 11.8 Å². The molecule has 7 aromatic carbocycles. The Morgan fingerprint density at radius 1 is 0.341 bits per heavy atom. The van der Waals surface area contributed by atoms with Crippen LogP contribution in [0.5, 0.6) is 0 Å². The zero-order chi connectivity index (χ0) is 29.0. The van der Waals surface area contributed by atoms with Crippen LogP contribution in [0.3, 0.4) is 0 Å². The first kappa shape index (κ1) is 25.2. The number of fused-ring (bicyclic) bond motifs is 3. The minimum atomic E-state index is 0.865. The number of rotatable bonds is 4. The van der Waals surface area contributed by atoms with Gasteiger partial charge in [-0.3, -0.25) is 0 Å². The van der Waals surface area contributed by atoms with Crippen molar-refractivity contribution in [2.75, 3.05) is 0 Å². The Bertz CT molecular complexity index is 2350. The van der Waals surface area contributed by atoms with Crippen molar-refractivity contribution >= 4 is 33.3 Å². The molecule has 0 aliphatic carbocycles. The molecule has 0 spiro atoms. The lowest BCUT2D eigenvalue weighted by Gasteiger charge is -2.20. The highest BCUT2D eigenvalue weighted by molar-refractivity contribution is 7.99. The fraction of sp³-hybridized carbons (Fsp3) is 0. The summed E-state index contributed by atoms with van der Waals surface area (Å²) in [6, 6.07) is 56.5. The number of hydrogen-bond donors (Lipinski definition) is 0. The quantitative estimate of drug-likeness (QED) is 0.206. The molecule has 8 aromatic rings. The van der Waals surface area contributed by atoms with Gasteiger partial charge < -0.3 is 4.42 Å². The Kier molecular flexibility index (Phi) is 5.82. The second-order valence-corrected chi connectivity index (χ2v) is 12.3. The van der Waals surface area contributed by atoms with Gasteiger partial charge in [0.15, 0.2) is 0 Å². The van der Waals surface area contributed by atoms with Crippen LogP contribution in [0.15, 0.2) is 172 Å². The third-order valence-corrected chi connectivity index (χ3v) is 9.85. The fourth-order valence-electron chi connectivity index (χ4n) is 6.71. The van der Waals surface area contributed by atoms with Crippen LogP contribution in [-0.2, 0) is 0 Å². The zero-order valence-electron chi connectivity index (χ0n) is 23.8. The summed E-state index contributed by atoms with van der Waals surface area (Å²) in [5.41, 5.74) is 9.53. The van der Waals surface area contributed by atoms with Gasteiger partial charge in [-0.1, -0.05) is 139 Å². The van der Waals surface area contributed by atoms with Crippen LogP contribution in [0.1, 0.15) is 0 Å². The van der Waals surface area contributed by atoms with Crippen molar-refractivity contribution < 1.29 is 4.42 Å². The molecule has 0 atom stereocenters. The lowest BCUT2D eigenvalue weighted by atomic mass is 9.89. The molecule has 1 aromatic heterocycles. The minimum absolute atomic E-state index is 0.865. The first-order valence-corrected chi connectivity index (χ1v) is 15.7. The minimum Gasteiger partial charge on any atom is -0.456 e. The third-order valence-electron chi connectivity index (χ3n) is 8.72. The van der Waals surface area contributed by atoms with E-state index in [9.17, 15) is 0 Å². The van der Waals surface area contributed by atoms with Crippen LogP contribution < -0.4 is 0 Å². The molecule has 0 bridgehead atoms. The zero-order valence-corrected chi connectivity index (χ0v) is 24.6. The summed E-state index contributed by atoms with van der Waals surface area (Å²) in [6.45, 7) is 0. The molecule has 1 nitrogen and oxygen atoms in total. The van der Waals surface area contributed by atoms with E-state index in [0.717, 1.165) is 28.2 Å². The van der Waals surface area contributed by atoms with E-state index in [2.05, 4.69) is 158 Å². The Balaban J connectivity index is 1.16. The van der Waals surface area contributed by atoms with Crippen molar-refractivity contribution in [3.63, 3.8) is 0 Å². The SMILES string of the molecule is c1ccc(-c2cccc3cccc(-c4ccccc4-c4ccc(-c5ccc6c(c5)-c5cccc7cccc(c57)S6)o4)c23)cc1. The van der Waals surface area contributed by atoms with E-state index < -0.39 is 0 Å². The maximum absolute atomic E-state index is 6.67. The van der Waals surface area contributed by atoms with E-state index in [0.29, 0.717) is 0 Å². The molecule has 0 amide bonds.